The Labute approximate surface area is 372 Å². The number of carbonyl (C=O) groups excluding carboxylic acids is 5. The lowest BCUT2D eigenvalue weighted by Crippen LogP contribution is -2.57. The lowest BCUT2D eigenvalue weighted by Gasteiger charge is -2.40. The first kappa shape index (κ1) is 53.1. The quantitative estimate of drug-likeness (QED) is 0.113. The van der Waals surface area contributed by atoms with Crippen LogP contribution in [0.1, 0.15) is 71.4 Å². The zero-order valence-electron chi connectivity index (χ0n) is 37.3. The van der Waals surface area contributed by atoms with Crippen molar-refractivity contribution >= 4 is 51.3 Å². The van der Waals surface area contributed by atoms with Gasteiger partial charge in [0.05, 0.1) is 42.4 Å². The van der Waals surface area contributed by atoms with Crippen molar-refractivity contribution in [2.75, 3.05) is 33.1 Å². The van der Waals surface area contributed by atoms with Crippen molar-refractivity contribution in [3.8, 4) is 0 Å². The van der Waals surface area contributed by atoms with E-state index in [-0.39, 0.29) is 41.8 Å². The summed E-state index contributed by atoms with van der Waals surface area (Å²) in [5.74, 6) is -7.01. The molecule has 0 aliphatic carbocycles. The summed E-state index contributed by atoms with van der Waals surface area (Å²) in [5, 5.41) is 16.0. The summed E-state index contributed by atoms with van der Waals surface area (Å²) in [5.41, 5.74) is 0.446. The lowest BCUT2D eigenvalue weighted by atomic mass is 9.89. The Bertz CT molecular complexity index is 2030. The minimum Gasteiger partial charge on any atom is -0.465 e. The van der Waals surface area contributed by atoms with Crippen molar-refractivity contribution in [2.24, 2.45) is 17.8 Å². The second-order valence-corrected chi connectivity index (χ2v) is 18.1. The highest BCUT2D eigenvalue weighted by atomic mass is 32.2. The van der Waals surface area contributed by atoms with Crippen LogP contribution in [0, 0.1) is 17.8 Å². The largest absolute Gasteiger partial charge is 0.471 e. The number of halogens is 3. The Hall–Kier alpha value is -5.28. The molecular formula is C43H61F3N6O11S. The summed E-state index contributed by atoms with van der Waals surface area (Å²) in [6, 6.07) is 9.35. The van der Waals surface area contributed by atoms with Crippen LogP contribution in [0.25, 0.3) is 0 Å². The molecule has 3 rings (SSSR count). The van der Waals surface area contributed by atoms with Gasteiger partial charge in [-0.3, -0.25) is 28.7 Å². The number of hydrogen-bond acceptors (Lipinski definition) is 10. The highest BCUT2D eigenvalue weighted by Crippen LogP contribution is 2.30. The SMILES string of the molecule is CC[C@H](C)[C@@H]([C@@H](CC(=O)N1CCC[C@H]1[C@H](OC)[C@@H](C)C(=O)N[C@@H](Cc1ccccc1)C(=O)NS(=O)(=O)Cc1ccc(NC(=O)C(F)(F)F)cc1)OC)N(C)C(=O)[C@@H](NC(=O)O)C(C)C. The normalized spacial score (nSPS) is 17.6. The summed E-state index contributed by atoms with van der Waals surface area (Å²) in [4.78, 5) is 81.4. The zero-order chi connectivity index (χ0) is 48.1. The number of sulfonamides is 1. The van der Waals surface area contributed by atoms with Crippen molar-refractivity contribution in [3.05, 3.63) is 65.7 Å². The predicted molar refractivity (Wildman–Crippen MR) is 230 cm³/mol. The number of nitrogens with one attached hydrogen (secondary N) is 4. The van der Waals surface area contributed by atoms with Gasteiger partial charge < -0.3 is 40.3 Å². The van der Waals surface area contributed by atoms with Crippen LogP contribution in [0.4, 0.5) is 23.7 Å². The molecule has 2 aromatic carbocycles. The fraction of sp³-hybridized carbons (Fsp3) is 0.581. The molecule has 0 spiro atoms. The number of anilines is 1. The van der Waals surface area contributed by atoms with Crippen LogP contribution < -0.4 is 20.7 Å². The number of nitrogens with zero attached hydrogens (tertiary/aromatic N) is 2. The van der Waals surface area contributed by atoms with Gasteiger partial charge in [0.1, 0.15) is 12.1 Å². The van der Waals surface area contributed by atoms with Crippen molar-refractivity contribution < 1.29 is 64.9 Å². The van der Waals surface area contributed by atoms with E-state index in [1.165, 1.54) is 31.3 Å². The molecule has 1 saturated heterocycles. The topological polar surface area (TPSA) is 230 Å². The molecule has 1 aliphatic rings. The monoisotopic (exact) mass is 926 g/mol. The van der Waals surface area contributed by atoms with Gasteiger partial charge in [-0.2, -0.15) is 13.2 Å². The number of hydrogen-bond donors (Lipinski definition) is 5. The second kappa shape index (κ2) is 23.6. The van der Waals surface area contributed by atoms with Gasteiger partial charge >= 0.3 is 18.2 Å². The van der Waals surface area contributed by atoms with E-state index >= 15 is 0 Å². The third-order valence-corrected chi connectivity index (χ3v) is 12.7. The molecule has 0 saturated carbocycles. The van der Waals surface area contributed by atoms with E-state index in [9.17, 15) is 55.5 Å². The highest BCUT2D eigenvalue weighted by molar-refractivity contribution is 7.89. The van der Waals surface area contributed by atoms with E-state index in [1.807, 2.05) is 18.6 Å². The Morgan fingerprint density at radius 3 is 2.06 bits per heavy atom. The molecule has 0 bridgehead atoms. The van der Waals surface area contributed by atoms with Crippen LogP contribution in [0.15, 0.2) is 54.6 Å². The smallest absolute Gasteiger partial charge is 0.465 e. The number of alkyl halides is 3. The minimum absolute atomic E-state index is 0.0849. The molecule has 21 heteroatoms. The Balaban J connectivity index is 1.80. The number of likely N-dealkylation sites (N-methyl/N-ethyl adjacent to an activating group) is 1. The van der Waals surface area contributed by atoms with Gasteiger partial charge in [-0.05, 0) is 47.9 Å². The molecule has 1 aliphatic heterocycles. The molecule has 64 heavy (non-hydrogen) atoms. The maximum absolute atomic E-state index is 14.2. The van der Waals surface area contributed by atoms with Crippen LogP contribution in [0.5, 0.6) is 0 Å². The first-order chi connectivity index (χ1) is 29.9. The lowest BCUT2D eigenvalue weighted by molar-refractivity contribution is -0.167. The maximum atomic E-state index is 14.2. The number of ether oxygens (including phenoxy) is 2. The number of amides is 6. The van der Waals surface area contributed by atoms with E-state index in [0.29, 0.717) is 31.4 Å². The number of rotatable bonds is 22. The van der Waals surface area contributed by atoms with Gasteiger partial charge in [0.15, 0.2) is 0 Å². The van der Waals surface area contributed by atoms with Crippen LogP contribution >= 0.6 is 0 Å². The third kappa shape index (κ3) is 14.9. The molecule has 17 nitrogen and oxygen atoms in total. The Morgan fingerprint density at radius 1 is 0.906 bits per heavy atom. The molecule has 8 atom stereocenters. The van der Waals surface area contributed by atoms with Gasteiger partial charge in [0.2, 0.25) is 27.7 Å². The number of methoxy groups -OCH3 is 2. The Morgan fingerprint density at radius 2 is 1.53 bits per heavy atom. The summed E-state index contributed by atoms with van der Waals surface area (Å²) in [7, 11) is -0.0475. The second-order valence-electron chi connectivity index (χ2n) is 16.4. The first-order valence-electron chi connectivity index (χ1n) is 20.9. The van der Waals surface area contributed by atoms with Crippen molar-refractivity contribution in [1.29, 1.82) is 0 Å². The van der Waals surface area contributed by atoms with Crippen LogP contribution in [-0.4, -0.2) is 129 Å². The fourth-order valence-electron chi connectivity index (χ4n) is 7.90. The van der Waals surface area contributed by atoms with Gasteiger partial charge in [0.25, 0.3) is 5.91 Å². The molecule has 6 amide bonds. The number of carboxylic acid groups (broad SMARTS) is 1. The van der Waals surface area contributed by atoms with Crippen molar-refractivity contribution in [3.63, 3.8) is 0 Å². The molecule has 5 N–H and O–H groups in total. The summed E-state index contributed by atoms with van der Waals surface area (Å²) < 4.78 is 78.1. The zero-order valence-corrected chi connectivity index (χ0v) is 38.1. The van der Waals surface area contributed by atoms with E-state index < -0.39 is 94.0 Å². The predicted octanol–water partition coefficient (Wildman–Crippen LogP) is 4.07. The Kier molecular flexibility index (Phi) is 19.6. The molecule has 1 fully saturated rings. The third-order valence-electron chi connectivity index (χ3n) is 11.5. The average molecular weight is 927 g/mol. The van der Waals surface area contributed by atoms with Crippen LogP contribution in [-0.2, 0) is 55.6 Å². The van der Waals surface area contributed by atoms with Crippen molar-refractivity contribution in [2.45, 2.75) is 115 Å². The molecule has 0 radical (unpaired) electrons. The fourth-order valence-corrected chi connectivity index (χ4v) is 9.05. The van der Waals surface area contributed by atoms with E-state index in [0.717, 1.165) is 12.1 Å². The standard InChI is InChI=1S/C43H61F3N6O11S/c1-9-26(4)36(51(6)40(56)35(25(2)3)49-42(58)59)33(62-7)23-34(53)52-21-13-16-32(52)37(63-8)27(5)38(54)48-31(22-28-14-11-10-12-15-28)39(55)50-64(60,61)24-29-17-19-30(20-18-29)47-41(57)43(44,45)46/h10-12,14-15,17-20,25-27,31-33,35-37,49H,9,13,16,21-24H2,1-8H3,(H,47,57)(H,48,54)(H,50,55)(H,58,59)/t26-,27+,31-,32-,33+,35-,36-,37+/m0/s1. The number of carbonyl (C=O) groups is 6. The van der Waals surface area contributed by atoms with E-state index in [2.05, 4.69) is 10.6 Å². The van der Waals surface area contributed by atoms with Gasteiger partial charge in [-0.25, -0.2) is 13.2 Å². The molecule has 2 aromatic rings. The van der Waals surface area contributed by atoms with Crippen LogP contribution in [0.2, 0.25) is 0 Å². The molecule has 0 unspecified atom stereocenters. The van der Waals surface area contributed by atoms with Gasteiger partial charge in [-0.1, -0.05) is 83.5 Å². The molecule has 356 valence electrons. The highest BCUT2D eigenvalue weighted by Gasteiger charge is 2.43. The average Bonchev–Trinajstić information content (AvgIpc) is 3.72. The minimum atomic E-state index is -5.13. The summed E-state index contributed by atoms with van der Waals surface area (Å²) in [6.07, 6.45) is -6.77. The summed E-state index contributed by atoms with van der Waals surface area (Å²) in [6.45, 7) is 9.17. The number of benzene rings is 2. The maximum Gasteiger partial charge on any atom is 0.471 e. The summed E-state index contributed by atoms with van der Waals surface area (Å²) >= 11 is 0. The van der Waals surface area contributed by atoms with E-state index in [4.69, 9.17) is 9.47 Å². The van der Waals surface area contributed by atoms with Gasteiger partial charge in [-0.15, -0.1) is 0 Å². The van der Waals surface area contributed by atoms with Crippen LogP contribution in [0.3, 0.4) is 0 Å². The van der Waals surface area contributed by atoms with Gasteiger partial charge in [0, 0.05) is 39.9 Å². The first-order valence-corrected chi connectivity index (χ1v) is 22.6. The molecular weight excluding hydrogens is 866 g/mol. The number of likely N-dealkylation sites (tertiary alicyclic amines) is 1. The van der Waals surface area contributed by atoms with Crippen molar-refractivity contribution in [1.82, 2.24) is 25.2 Å². The van der Waals surface area contributed by atoms with E-state index in [1.54, 1.807) is 68.4 Å². The molecule has 0 aromatic heterocycles. The molecule has 1 heterocycles.